The van der Waals surface area contributed by atoms with Crippen molar-refractivity contribution in [3.63, 3.8) is 0 Å². The van der Waals surface area contributed by atoms with Gasteiger partial charge in [0.15, 0.2) is 0 Å². The monoisotopic (exact) mass is 368 g/mol. The molecular weight excluding hydrogens is 356 g/mol. The maximum atomic E-state index is 4.45. The van der Waals surface area contributed by atoms with E-state index in [0.717, 1.165) is 21.1 Å². The fourth-order valence-corrected chi connectivity index (χ4v) is 2.87. The average molecular weight is 370 g/mol. The lowest BCUT2D eigenvalue weighted by molar-refractivity contribution is 0.573. The minimum Gasteiger partial charge on any atom is -0.311 e. The molecule has 0 spiro atoms. The second kappa shape index (κ2) is 6.45. The molecular formula is C14H14Br2N2. The topological polar surface area (TPSA) is 24.9 Å². The normalized spacial score (nSPS) is 12.4. The van der Waals surface area contributed by atoms with E-state index in [4.69, 9.17) is 0 Å². The van der Waals surface area contributed by atoms with Crippen LogP contribution in [0.25, 0.3) is 0 Å². The first-order valence-electron chi connectivity index (χ1n) is 5.73. The van der Waals surface area contributed by atoms with E-state index < -0.39 is 0 Å². The highest BCUT2D eigenvalue weighted by molar-refractivity contribution is 9.10. The van der Waals surface area contributed by atoms with Crippen LogP contribution in [0.3, 0.4) is 0 Å². The molecule has 1 heterocycles. The summed E-state index contributed by atoms with van der Waals surface area (Å²) in [7, 11) is 1.96. The molecule has 94 valence electrons. The number of nitrogens with one attached hydrogen (secondary N) is 1. The van der Waals surface area contributed by atoms with Crippen LogP contribution in [0.15, 0.2) is 51.5 Å². The van der Waals surface area contributed by atoms with Crippen molar-refractivity contribution in [2.24, 2.45) is 0 Å². The Bertz CT molecular complexity index is 529. The van der Waals surface area contributed by atoms with Crippen LogP contribution in [-0.2, 0) is 6.42 Å². The van der Waals surface area contributed by atoms with E-state index in [1.807, 2.05) is 31.4 Å². The van der Waals surface area contributed by atoms with Gasteiger partial charge in [0.2, 0.25) is 0 Å². The summed E-state index contributed by atoms with van der Waals surface area (Å²) >= 11 is 7.05. The number of benzene rings is 1. The van der Waals surface area contributed by atoms with Crippen LogP contribution in [0.2, 0.25) is 0 Å². The smallest absolute Gasteiger partial charge is 0.0718 e. The summed E-state index contributed by atoms with van der Waals surface area (Å²) in [6, 6.07) is 12.5. The summed E-state index contributed by atoms with van der Waals surface area (Å²) in [5, 5.41) is 3.32. The number of rotatable bonds is 4. The Balaban J connectivity index is 2.23. The van der Waals surface area contributed by atoms with Crippen molar-refractivity contribution in [1.82, 2.24) is 10.3 Å². The summed E-state index contributed by atoms with van der Waals surface area (Å²) in [5.41, 5.74) is 2.32. The zero-order chi connectivity index (χ0) is 13.0. The minimum atomic E-state index is 0.204. The largest absolute Gasteiger partial charge is 0.311 e. The van der Waals surface area contributed by atoms with Gasteiger partial charge in [0.25, 0.3) is 0 Å². The van der Waals surface area contributed by atoms with E-state index in [2.05, 4.69) is 60.4 Å². The number of hydrogen-bond donors (Lipinski definition) is 1. The summed E-state index contributed by atoms with van der Waals surface area (Å²) in [6.45, 7) is 0. The predicted molar refractivity (Wildman–Crippen MR) is 81.6 cm³/mol. The number of nitrogens with zero attached hydrogens (tertiary/aromatic N) is 1. The Morgan fingerprint density at radius 1 is 1.22 bits per heavy atom. The molecule has 1 aromatic carbocycles. The molecule has 1 aromatic heterocycles. The number of hydrogen-bond acceptors (Lipinski definition) is 2. The minimum absolute atomic E-state index is 0.204. The third-order valence-electron chi connectivity index (χ3n) is 2.79. The number of halogens is 2. The van der Waals surface area contributed by atoms with E-state index in [1.165, 1.54) is 5.56 Å². The highest BCUT2D eigenvalue weighted by Gasteiger charge is 2.14. The molecule has 1 unspecified atom stereocenters. The van der Waals surface area contributed by atoms with Crippen molar-refractivity contribution in [2.45, 2.75) is 12.5 Å². The second-order valence-electron chi connectivity index (χ2n) is 4.05. The van der Waals surface area contributed by atoms with Gasteiger partial charge in [-0.3, -0.25) is 4.98 Å². The first-order valence-corrected chi connectivity index (χ1v) is 7.31. The molecule has 0 saturated carbocycles. The Morgan fingerprint density at radius 3 is 2.72 bits per heavy atom. The van der Waals surface area contributed by atoms with Crippen molar-refractivity contribution in [3.8, 4) is 0 Å². The molecule has 0 radical (unpaired) electrons. The van der Waals surface area contributed by atoms with E-state index >= 15 is 0 Å². The maximum Gasteiger partial charge on any atom is 0.0718 e. The molecule has 0 aliphatic heterocycles. The molecule has 2 rings (SSSR count). The lowest BCUT2D eigenvalue weighted by Gasteiger charge is -2.17. The fourth-order valence-electron chi connectivity index (χ4n) is 1.89. The van der Waals surface area contributed by atoms with Crippen LogP contribution >= 0.6 is 31.9 Å². The van der Waals surface area contributed by atoms with Crippen molar-refractivity contribution in [1.29, 1.82) is 0 Å². The number of aromatic nitrogens is 1. The van der Waals surface area contributed by atoms with Gasteiger partial charge in [-0.1, -0.05) is 28.1 Å². The molecule has 2 aromatic rings. The van der Waals surface area contributed by atoms with Gasteiger partial charge in [0, 0.05) is 15.1 Å². The number of likely N-dealkylation sites (N-methyl/N-ethyl adjacent to an activating group) is 1. The Hall–Kier alpha value is -0.710. The standard InChI is InChI=1S/C14H14Br2N2/c1-17-13(14-12(16)6-3-7-18-14)9-10-4-2-5-11(15)8-10/h2-8,13,17H,9H2,1H3. The van der Waals surface area contributed by atoms with E-state index in [-0.39, 0.29) is 6.04 Å². The summed E-state index contributed by atoms with van der Waals surface area (Å²) in [6.07, 6.45) is 2.73. The van der Waals surface area contributed by atoms with Gasteiger partial charge in [-0.25, -0.2) is 0 Å². The third-order valence-corrected chi connectivity index (χ3v) is 3.96. The summed E-state index contributed by atoms with van der Waals surface area (Å²) < 4.78 is 2.15. The van der Waals surface area contributed by atoms with Gasteiger partial charge < -0.3 is 5.32 Å². The lowest BCUT2D eigenvalue weighted by Crippen LogP contribution is -2.20. The zero-order valence-corrected chi connectivity index (χ0v) is 13.2. The highest BCUT2D eigenvalue weighted by atomic mass is 79.9. The molecule has 1 atom stereocenters. The van der Waals surface area contributed by atoms with Crippen LogP contribution in [0.1, 0.15) is 17.3 Å². The average Bonchev–Trinajstić information content (AvgIpc) is 2.37. The Morgan fingerprint density at radius 2 is 2.06 bits per heavy atom. The van der Waals surface area contributed by atoms with Crippen LogP contribution in [0.4, 0.5) is 0 Å². The van der Waals surface area contributed by atoms with Crippen molar-refractivity contribution >= 4 is 31.9 Å². The van der Waals surface area contributed by atoms with Gasteiger partial charge in [-0.15, -0.1) is 0 Å². The molecule has 18 heavy (non-hydrogen) atoms. The van der Waals surface area contributed by atoms with Crippen LogP contribution in [0.5, 0.6) is 0 Å². The maximum absolute atomic E-state index is 4.45. The number of pyridine rings is 1. The van der Waals surface area contributed by atoms with Gasteiger partial charge in [-0.2, -0.15) is 0 Å². The molecule has 0 fully saturated rings. The van der Waals surface area contributed by atoms with Gasteiger partial charge in [0.1, 0.15) is 0 Å². The van der Waals surface area contributed by atoms with Gasteiger partial charge in [-0.05, 0) is 59.2 Å². The predicted octanol–water partition coefficient (Wildman–Crippen LogP) is 4.11. The van der Waals surface area contributed by atoms with E-state index in [9.17, 15) is 0 Å². The summed E-state index contributed by atoms with van der Waals surface area (Å²) in [4.78, 5) is 4.45. The molecule has 0 saturated heterocycles. The summed E-state index contributed by atoms with van der Waals surface area (Å²) in [5.74, 6) is 0. The van der Waals surface area contributed by atoms with Crippen LogP contribution in [0, 0.1) is 0 Å². The van der Waals surface area contributed by atoms with Gasteiger partial charge >= 0.3 is 0 Å². The van der Waals surface area contributed by atoms with Crippen molar-refractivity contribution < 1.29 is 0 Å². The van der Waals surface area contributed by atoms with Crippen LogP contribution < -0.4 is 5.32 Å². The molecule has 2 nitrogen and oxygen atoms in total. The molecule has 0 aliphatic rings. The van der Waals surface area contributed by atoms with Crippen molar-refractivity contribution in [3.05, 3.63) is 62.8 Å². The van der Waals surface area contributed by atoms with Gasteiger partial charge in [0.05, 0.1) is 11.7 Å². The highest BCUT2D eigenvalue weighted by Crippen LogP contribution is 2.24. The first kappa shape index (κ1) is 13.7. The molecule has 4 heteroatoms. The Kier molecular flexibility index (Phi) is 4.92. The van der Waals surface area contributed by atoms with Crippen molar-refractivity contribution in [2.75, 3.05) is 7.05 Å². The van der Waals surface area contributed by atoms with Crippen LogP contribution in [-0.4, -0.2) is 12.0 Å². The fraction of sp³-hybridized carbons (Fsp3) is 0.214. The van der Waals surface area contributed by atoms with E-state index in [0.29, 0.717) is 0 Å². The first-order chi connectivity index (χ1) is 8.70. The molecule has 0 bridgehead atoms. The zero-order valence-electron chi connectivity index (χ0n) is 10.0. The van der Waals surface area contributed by atoms with E-state index in [1.54, 1.807) is 0 Å². The molecule has 1 N–H and O–H groups in total. The second-order valence-corrected chi connectivity index (χ2v) is 5.82. The molecule has 0 aliphatic carbocycles. The molecule has 0 amide bonds. The SMILES string of the molecule is CNC(Cc1cccc(Br)c1)c1ncccc1Br. The Labute approximate surface area is 124 Å². The quantitative estimate of drug-likeness (QED) is 0.877. The lowest BCUT2D eigenvalue weighted by atomic mass is 10.0. The third kappa shape index (κ3) is 3.40.